The molecule has 0 fully saturated rings. The molecule has 0 amide bonds. The Kier molecular flexibility index (Phi) is 6.14. The molecule has 0 N–H and O–H groups in total. The molecule has 0 aliphatic carbocycles. The van der Waals surface area contributed by atoms with Gasteiger partial charge in [0.05, 0.1) is 0 Å². The molecule has 0 heterocycles. The maximum absolute atomic E-state index is 13.3. The Morgan fingerprint density at radius 2 is 1.38 bits per heavy atom. The van der Waals surface area contributed by atoms with Crippen molar-refractivity contribution in [2.75, 3.05) is 13.2 Å². The first-order valence-electron chi connectivity index (χ1n) is 6.16. The van der Waals surface area contributed by atoms with Crippen LogP contribution in [0.25, 0.3) is 0 Å². The molecular formula is C12H15F5GeO3. The first-order valence-corrected chi connectivity index (χ1v) is 9.78. The van der Waals surface area contributed by atoms with E-state index in [9.17, 15) is 22.0 Å². The summed E-state index contributed by atoms with van der Waals surface area (Å²) in [6.07, 6.45) is -11.2. The number of alkyl halides is 5. The molecule has 3 nitrogen and oxygen atoms in total. The van der Waals surface area contributed by atoms with Crippen LogP contribution in [0, 0.1) is 0 Å². The van der Waals surface area contributed by atoms with Gasteiger partial charge in [0.1, 0.15) is 0 Å². The van der Waals surface area contributed by atoms with E-state index in [4.69, 9.17) is 7.53 Å². The van der Waals surface area contributed by atoms with Gasteiger partial charge in [-0.05, 0) is 0 Å². The number of halogens is 5. The maximum atomic E-state index is 13.3. The third-order valence-corrected chi connectivity index (χ3v) is 8.48. The first kappa shape index (κ1) is 18.3. The Morgan fingerprint density at radius 1 is 0.905 bits per heavy atom. The van der Waals surface area contributed by atoms with E-state index in [2.05, 4.69) is 3.76 Å². The van der Waals surface area contributed by atoms with Crippen molar-refractivity contribution in [2.24, 2.45) is 0 Å². The second kappa shape index (κ2) is 7.04. The van der Waals surface area contributed by atoms with Gasteiger partial charge < -0.3 is 0 Å². The number of hydrogen-bond acceptors (Lipinski definition) is 3. The van der Waals surface area contributed by atoms with Gasteiger partial charge in [-0.15, -0.1) is 0 Å². The average molecular weight is 375 g/mol. The number of rotatable bonds is 7. The molecule has 9 heteroatoms. The SMILES string of the molecule is CC[O][Ge]([O]CC)([O]C(F)(F)C(F)(F)F)[c]1ccccc1. The molecule has 1 aromatic rings. The molecule has 0 aliphatic heterocycles. The van der Waals surface area contributed by atoms with Crippen LogP contribution in [-0.4, -0.2) is 39.8 Å². The van der Waals surface area contributed by atoms with E-state index < -0.39 is 26.6 Å². The Labute approximate surface area is 122 Å². The molecule has 0 unspecified atom stereocenters. The first-order chi connectivity index (χ1) is 9.68. The predicted molar refractivity (Wildman–Crippen MR) is 67.2 cm³/mol. The van der Waals surface area contributed by atoms with Crippen LogP contribution in [0.4, 0.5) is 22.0 Å². The van der Waals surface area contributed by atoms with E-state index in [1.807, 2.05) is 0 Å². The fourth-order valence-electron chi connectivity index (χ4n) is 1.58. The topological polar surface area (TPSA) is 27.7 Å². The van der Waals surface area contributed by atoms with Crippen molar-refractivity contribution in [3.05, 3.63) is 30.3 Å². The molecule has 0 aromatic heterocycles. The van der Waals surface area contributed by atoms with Crippen molar-refractivity contribution in [3.8, 4) is 0 Å². The second-order valence-electron chi connectivity index (χ2n) is 3.90. The van der Waals surface area contributed by atoms with Gasteiger partial charge >= 0.3 is 122 Å². The summed E-state index contributed by atoms with van der Waals surface area (Å²) in [7, 11) is 0. The summed E-state index contributed by atoms with van der Waals surface area (Å²) in [5.74, 6) is 0. The van der Waals surface area contributed by atoms with Crippen molar-refractivity contribution >= 4 is 18.7 Å². The summed E-state index contributed by atoms with van der Waals surface area (Å²) < 4.78 is 78.3. The zero-order chi connectivity index (χ0) is 16.1. The molecule has 0 spiro atoms. The molecule has 0 atom stereocenters. The van der Waals surface area contributed by atoms with Crippen molar-refractivity contribution in [3.63, 3.8) is 0 Å². The van der Waals surface area contributed by atoms with Crippen LogP contribution in [0.15, 0.2) is 30.3 Å². The van der Waals surface area contributed by atoms with Gasteiger partial charge in [0.25, 0.3) is 0 Å². The summed E-state index contributed by atoms with van der Waals surface area (Å²) in [6.45, 7) is 2.72. The van der Waals surface area contributed by atoms with Crippen LogP contribution in [0.2, 0.25) is 0 Å². The summed E-state index contributed by atoms with van der Waals surface area (Å²) in [5.41, 5.74) is 0. The molecule has 0 aliphatic rings. The van der Waals surface area contributed by atoms with Crippen LogP contribution >= 0.6 is 0 Å². The quantitative estimate of drug-likeness (QED) is 0.542. The molecular weight excluding hydrogens is 360 g/mol. The zero-order valence-corrected chi connectivity index (χ0v) is 13.5. The second-order valence-corrected chi connectivity index (χ2v) is 9.09. The van der Waals surface area contributed by atoms with Crippen molar-refractivity contribution < 1.29 is 33.2 Å². The summed E-state index contributed by atoms with van der Waals surface area (Å²) in [6, 6.07) is 7.29. The van der Waals surface area contributed by atoms with Crippen LogP contribution in [0.3, 0.4) is 0 Å². The van der Waals surface area contributed by atoms with E-state index in [0.717, 1.165) is 0 Å². The molecule has 0 radical (unpaired) electrons. The fourth-order valence-corrected chi connectivity index (χ4v) is 6.75. The summed E-state index contributed by atoms with van der Waals surface area (Å²) in [4.78, 5) is 0. The molecule has 1 rings (SSSR count). The molecule has 1 aromatic carbocycles. The van der Waals surface area contributed by atoms with Crippen molar-refractivity contribution in [1.82, 2.24) is 0 Å². The van der Waals surface area contributed by atoms with Crippen LogP contribution in [0.1, 0.15) is 13.8 Å². The summed E-state index contributed by atoms with van der Waals surface area (Å²) in [5, 5.41) is 0. The number of hydrogen-bond donors (Lipinski definition) is 0. The van der Waals surface area contributed by atoms with Crippen LogP contribution < -0.4 is 4.40 Å². The Balaban J connectivity index is 3.25. The summed E-state index contributed by atoms with van der Waals surface area (Å²) >= 11 is -5.00. The Hall–Kier alpha value is -0.707. The van der Waals surface area contributed by atoms with E-state index >= 15 is 0 Å². The van der Waals surface area contributed by atoms with Gasteiger partial charge in [-0.1, -0.05) is 0 Å². The molecule has 0 bridgehead atoms. The minimum atomic E-state index is -5.84. The Bertz CT molecular complexity index is 432. The number of benzene rings is 1. The molecule has 0 saturated carbocycles. The molecule has 120 valence electrons. The van der Waals surface area contributed by atoms with Crippen molar-refractivity contribution in [1.29, 1.82) is 0 Å². The van der Waals surface area contributed by atoms with Gasteiger partial charge in [-0.3, -0.25) is 0 Å². The fraction of sp³-hybridized carbons (Fsp3) is 0.500. The standard InChI is InChI=1S/C12H15F5GeO3/c1-3-19-18(20-4-2,10-8-6-5-7-9-10)21-12(16,17)11(13,14)15/h5-9H,3-4H2,1-2H3. The minimum absolute atomic E-state index is 0.0881. The monoisotopic (exact) mass is 376 g/mol. The molecule has 0 saturated heterocycles. The van der Waals surface area contributed by atoms with E-state index in [1.54, 1.807) is 6.07 Å². The van der Waals surface area contributed by atoms with Crippen LogP contribution in [0.5, 0.6) is 0 Å². The van der Waals surface area contributed by atoms with E-state index in [0.29, 0.717) is 0 Å². The van der Waals surface area contributed by atoms with Gasteiger partial charge in [0.15, 0.2) is 0 Å². The Morgan fingerprint density at radius 3 is 1.76 bits per heavy atom. The van der Waals surface area contributed by atoms with E-state index in [1.165, 1.54) is 38.1 Å². The van der Waals surface area contributed by atoms with Crippen LogP contribution in [-0.2, 0) is 11.3 Å². The predicted octanol–water partition coefficient (Wildman–Crippen LogP) is 3.08. The third kappa shape index (κ3) is 4.38. The van der Waals surface area contributed by atoms with Crippen molar-refractivity contribution in [2.45, 2.75) is 26.1 Å². The molecule has 21 heavy (non-hydrogen) atoms. The third-order valence-electron chi connectivity index (χ3n) is 2.39. The average Bonchev–Trinajstić information content (AvgIpc) is 2.38. The van der Waals surface area contributed by atoms with E-state index in [-0.39, 0.29) is 17.6 Å². The normalized spacial score (nSPS) is 13.5. The van der Waals surface area contributed by atoms with Gasteiger partial charge in [0.2, 0.25) is 0 Å². The van der Waals surface area contributed by atoms with Gasteiger partial charge in [0, 0.05) is 0 Å². The zero-order valence-electron chi connectivity index (χ0n) is 11.4. The van der Waals surface area contributed by atoms with Gasteiger partial charge in [-0.2, -0.15) is 0 Å². The van der Waals surface area contributed by atoms with Gasteiger partial charge in [-0.25, -0.2) is 0 Å².